The Morgan fingerprint density at radius 2 is 2.07 bits per heavy atom. The molecule has 0 spiro atoms. The molecule has 0 fully saturated rings. The lowest BCUT2D eigenvalue weighted by Gasteiger charge is -2.10. The SMILES string of the molecule is CNC(C)/C(C)=C/c1ccccc1F. The Kier molecular flexibility index (Phi) is 3.84. The van der Waals surface area contributed by atoms with Gasteiger partial charge in [-0.3, -0.25) is 0 Å². The van der Waals surface area contributed by atoms with Gasteiger partial charge in [0.25, 0.3) is 0 Å². The first-order valence-electron chi connectivity index (χ1n) is 4.75. The Morgan fingerprint density at radius 1 is 1.43 bits per heavy atom. The molecule has 0 aromatic heterocycles. The number of hydrogen-bond acceptors (Lipinski definition) is 1. The van der Waals surface area contributed by atoms with Crippen molar-refractivity contribution in [3.8, 4) is 0 Å². The van der Waals surface area contributed by atoms with E-state index in [4.69, 9.17) is 0 Å². The van der Waals surface area contributed by atoms with Gasteiger partial charge in [-0.25, -0.2) is 4.39 Å². The summed E-state index contributed by atoms with van der Waals surface area (Å²) in [5.41, 5.74) is 1.77. The first-order chi connectivity index (χ1) is 6.65. The molecule has 2 heteroatoms. The van der Waals surface area contributed by atoms with E-state index in [2.05, 4.69) is 5.32 Å². The predicted octanol–water partition coefficient (Wildman–Crippen LogP) is 2.84. The van der Waals surface area contributed by atoms with Gasteiger partial charge in [-0.2, -0.15) is 0 Å². The van der Waals surface area contributed by atoms with Gasteiger partial charge >= 0.3 is 0 Å². The van der Waals surface area contributed by atoms with Crippen molar-refractivity contribution in [2.24, 2.45) is 0 Å². The quantitative estimate of drug-likeness (QED) is 0.778. The fourth-order valence-corrected chi connectivity index (χ4v) is 1.19. The smallest absolute Gasteiger partial charge is 0.130 e. The molecular formula is C12H16FN. The maximum Gasteiger partial charge on any atom is 0.130 e. The summed E-state index contributed by atoms with van der Waals surface area (Å²) in [7, 11) is 1.89. The summed E-state index contributed by atoms with van der Waals surface area (Å²) in [5, 5.41) is 3.11. The van der Waals surface area contributed by atoms with Crippen molar-refractivity contribution in [2.75, 3.05) is 7.05 Å². The van der Waals surface area contributed by atoms with E-state index in [1.807, 2.05) is 33.0 Å². The molecule has 0 saturated carbocycles. The van der Waals surface area contributed by atoms with Crippen molar-refractivity contribution in [3.63, 3.8) is 0 Å². The highest BCUT2D eigenvalue weighted by atomic mass is 19.1. The van der Waals surface area contributed by atoms with Crippen LogP contribution in [0, 0.1) is 5.82 Å². The second kappa shape index (κ2) is 4.91. The minimum Gasteiger partial charge on any atom is -0.314 e. The molecule has 0 radical (unpaired) electrons. The van der Waals surface area contributed by atoms with Crippen molar-refractivity contribution >= 4 is 6.08 Å². The molecule has 76 valence electrons. The molecule has 0 saturated heterocycles. The molecule has 0 amide bonds. The third kappa shape index (κ3) is 2.67. The van der Waals surface area contributed by atoms with Crippen LogP contribution >= 0.6 is 0 Å². The maximum absolute atomic E-state index is 13.3. The average Bonchev–Trinajstić information content (AvgIpc) is 2.20. The van der Waals surface area contributed by atoms with Gasteiger partial charge in [-0.05, 0) is 27.0 Å². The lowest BCUT2D eigenvalue weighted by atomic mass is 10.1. The summed E-state index contributed by atoms with van der Waals surface area (Å²) in [6.07, 6.45) is 1.87. The zero-order chi connectivity index (χ0) is 10.6. The number of benzene rings is 1. The number of rotatable bonds is 3. The van der Waals surface area contributed by atoms with Gasteiger partial charge in [0, 0.05) is 11.6 Å². The molecule has 1 rings (SSSR count). The minimum absolute atomic E-state index is 0.171. The molecule has 1 nitrogen and oxygen atoms in total. The van der Waals surface area contributed by atoms with Gasteiger partial charge in [0.15, 0.2) is 0 Å². The Bertz CT molecular complexity index is 331. The van der Waals surface area contributed by atoms with E-state index in [-0.39, 0.29) is 11.9 Å². The van der Waals surface area contributed by atoms with E-state index >= 15 is 0 Å². The molecule has 0 aliphatic carbocycles. The van der Waals surface area contributed by atoms with E-state index < -0.39 is 0 Å². The monoisotopic (exact) mass is 193 g/mol. The van der Waals surface area contributed by atoms with Gasteiger partial charge in [0.2, 0.25) is 0 Å². The van der Waals surface area contributed by atoms with Gasteiger partial charge < -0.3 is 5.32 Å². The Labute approximate surface area is 84.6 Å². The van der Waals surface area contributed by atoms with Crippen LogP contribution in [-0.4, -0.2) is 13.1 Å². The molecule has 1 N–H and O–H groups in total. The standard InChI is InChI=1S/C12H16FN/c1-9(10(2)14-3)8-11-6-4-5-7-12(11)13/h4-8,10,14H,1-3H3/b9-8+. The number of hydrogen-bond donors (Lipinski definition) is 1. The highest BCUT2D eigenvalue weighted by Crippen LogP contribution is 2.12. The predicted molar refractivity (Wildman–Crippen MR) is 58.6 cm³/mol. The van der Waals surface area contributed by atoms with Crippen LogP contribution < -0.4 is 5.32 Å². The highest BCUT2D eigenvalue weighted by molar-refractivity contribution is 5.53. The minimum atomic E-state index is -0.171. The molecule has 1 aromatic rings. The van der Waals surface area contributed by atoms with Crippen molar-refractivity contribution in [3.05, 3.63) is 41.2 Å². The first kappa shape index (κ1) is 10.9. The van der Waals surface area contributed by atoms with E-state index in [1.165, 1.54) is 6.07 Å². The van der Waals surface area contributed by atoms with E-state index in [0.29, 0.717) is 5.56 Å². The van der Waals surface area contributed by atoms with Gasteiger partial charge in [0.1, 0.15) is 5.82 Å². The Balaban J connectivity index is 2.91. The normalized spacial score (nSPS) is 14.1. The van der Waals surface area contributed by atoms with Crippen molar-refractivity contribution in [1.29, 1.82) is 0 Å². The average molecular weight is 193 g/mol. The largest absolute Gasteiger partial charge is 0.314 e. The Morgan fingerprint density at radius 3 is 2.64 bits per heavy atom. The van der Waals surface area contributed by atoms with Crippen LogP contribution in [0.4, 0.5) is 4.39 Å². The molecule has 14 heavy (non-hydrogen) atoms. The van der Waals surface area contributed by atoms with Crippen molar-refractivity contribution < 1.29 is 4.39 Å². The van der Waals surface area contributed by atoms with Gasteiger partial charge in [-0.15, -0.1) is 0 Å². The van der Waals surface area contributed by atoms with E-state index in [1.54, 1.807) is 12.1 Å². The lowest BCUT2D eigenvalue weighted by Crippen LogP contribution is -2.22. The molecule has 1 aromatic carbocycles. The van der Waals surface area contributed by atoms with Crippen molar-refractivity contribution in [2.45, 2.75) is 19.9 Å². The number of nitrogens with one attached hydrogen (secondary N) is 1. The van der Waals surface area contributed by atoms with Crippen LogP contribution in [-0.2, 0) is 0 Å². The molecule has 0 aliphatic heterocycles. The second-order valence-corrected chi connectivity index (χ2v) is 3.42. The van der Waals surface area contributed by atoms with Crippen LogP contribution in [0.2, 0.25) is 0 Å². The van der Waals surface area contributed by atoms with Crippen LogP contribution in [0.3, 0.4) is 0 Å². The van der Waals surface area contributed by atoms with Gasteiger partial charge in [-0.1, -0.05) is 29.8 Å². The van der Waals surface area contributed by atoms with Gasteiger partial charge in [0.05, 0.1) is 0 Å². The topological polar surface area (TPSA) is 12.0 Å². The first-order valence-corrected chi connectivity index (χ1v) is 4.75. The van der Waals surface area contributed by atoms with Crippen LogP contribution in [0.25, 0.3) is 6.08 Å². The van der Waals surface area contributed by atoms with Crippen molar-refractivity contribution in [1.82, 2.24) is 5.32 Å². The third-order valence-electron chi connectivity index (χ3n) is 2.40. The summed E-state index contributed by atoms with van der Waals surface area (Å²) in [6.45, 7) is 4.04. The third-order valence-corrected chi connectivity index (χ3v) is 2.40. The second-order valence-electron chi connectivity index (χ2n) is 3.42. The zero-order valence-corrected chi connectivity index (χ0v) is 8.84. The fourth-order valence-electron chi connectivity index (χ4n) is 1.19. The molecular weight excluding hydrogens is 177 g/mol. The summed E-state index contributed by atoms with van der Waals surface area (Å²) >= 11 is 0. The van der Waals surface area contributed by atoms with Crippen LogP contribution in [0.15, 0.2) is 29.8 Å². The summed E-state index contributed by atoms with van der Waals surface area (Å²) < 4.78 is 13.3. The highest BCUT2D eigenvalue weighted by Gasteiger charge is 2.02. The Hall–Kier alpha value is -1.15. The summed E-state index contributed by atoms with van der Waals surface area (Å²) in [6, 6.07) is 7.06. The van der Waals surface area contributed by atoms with Crippen LogP contribution in [0.5, 0.6) is 0 Å². The molecule has 1 unspecified atom stereocenters. The lowest BCUT2D eigenvalue weighted by molar-refractivity contribution is 0.624. The number of likely N-dealkylation sites (N-methyl/N-ethyl adjacent to an activating group) is 1. The molecule has 1 atom stereocenters. The maximum atomic E-state index is 13.3. The van der Waals surface area contributed by atoms with E-state index in [0.717, 1.165) is 5.57 Å². The summed E-state index contributed by atoms with van der Waals surface area (Å²) in [4.78, 5) is 0. The molecule has 0 heterocycles. The molecule has 0 aliphatic rings. The summed E-state index contributed by atoms with van der Waals surface area (Å²) in [5.74, 6) is -0.171. The molecule has 0 bridgehead atoms. The zero-order valence-electron chi connectivity index (χ0n) is 8.84. The number of halogens is 1. The van der Waals surface area contributed by atoms with Crippen LogP contribution in [0.1, 0.15) is 19.4 Å². The van der Waals surface area contributed by atoms with E-state index in [9.17, 15) is 4.39 Å². The fraction of sp³-hybridized carbons (Fsp3) is 0.333.